The van der Waals surface area contributed by atoms with E-state index in [1.165, 1.54) is 0 Å². The molecule has 0 amide bonds. The zero-order valence-electron chi connectivity index (χ0n) is 10.9. The molecule has 1 aromatic carbocycles. The smallest absolute Gasteiger partial charge is 0.194 e. The Morgan fingerprint density at radius 3 is 2.71 bits per heavy atom. The fraction of sp³-hybridized carbons (Fsp3) is 0.533. The van der Waals surface area contributed by atoms with Crippen molar-refractivity contribution < 1.29 is 9.53 Å². The summed E-state index contributed by atoms with van der Waals surface area (Å²) in [5, 5.41) is 0. The largest absolute Gasteiger partial charge is 0.367 e. The highest BCUT2D eigenvalue weighted by Crippen LogP contribution is 2.29. The molecule has 2 heteroatoms. The Morgan fingerprint density at radius 2 is 2.06 bits per heavy atom. The van der Waals surface area contributed by atoms with Crippen LogP contribution < -0.4 is 0 Å². The first kappa shape index (κ1) is 12.3. The molecule has 92 valence electrons. The molecule has 2 rings (SSSR count). The van der Waals surface area contributed by atoms with Gasteiger partial charge in [0.25, 0.3) is 0 Å². The molecule has 0 bridgehead atoms. The van der Waals surface area contributed by atoms with Crippen molar-refractivity contribution in [3.8, 4) is 0 Å². The van der Waals surface area contributed by atoms with Crippen molar-refractivity contribution >= 4 is 5.78 Å². The van der Waals surface area contributed by atoms with E-state index in [4.69, 9.17) is 4.74 Å². The van der Waals surface area contributed by atoms with Gasteiger partial charge in [0.15, 0.2) is 5.78 Å². The maximum atomic E-state index is 12.6. The molecular formula is C15H20O2. The van der Waals surface area contributed by atoms with E-state index in [0.29, 0.717) is 6.61 Å². The Kier molecular flexibility index (Phi) is 3.34. The quantitative estimate of drug-likeness (QED) is 0.730. The number of rotatable bonds is 2. The molecule has 0 N–H and O–H groups in total. The molecular weight excluding hydrogens is 212 g/mol. The first-order chi connectivity index (χ1) is 8.04. The third-order valence-corrected chi connectivity index (χ3v) is 3.80. The number of ether oxygens (including phenoxy) is 1. The normalized spacial score (nSPS) is 24.6. The van der Waals surface area contributed by atoms with Crippen LogP contribution in [0.1, 0.15) is 47.7 Å². The monoisotopic (exact) mass is 232 g/mol. The van der Waals surface area contributed by atoms with Crippen molar-refractivity contribution in [1.29, 1.82) is 0 Å². The van der Waals surface area contributed by atoms with E-state index in [9.17, 15) is 4.79 Å². The number of ketones is 1. The summed E-state index contributed by atoms with van der Waals surface area (Å²) < 4.78 is 5.73. The highest BCUT2D eigenvalue weighted by atomic mass is 16.5. The van der Waals surface area contributed by atoms with Crippen molar-refractivity contribution in [2.75, 3.05) is 6.61 Å². The van der Waals surface area contributed by atoms with Crippen LogP contribution in [0.2, 0.25) is 0 Å². The van der Waals surface area contributed by atoms with E-state index in [1.807, 2.05) is 39.0 Å². The first-order valence-electron chi connectivity index (χ1n) is 6.29. The van der Waals surface area contributed by atoms with Crippen LogP contribution in [-0.2, 0) is 4.74 Å². The van der Waals surface area contributed by atoms with Gasteiger partial charge in [-0.2, -0.15) is 0 Å². The number of carbonyl (C=O) groups is 1. The Labute approximate surface area is 103 Å². The summed E-state index contributed by atoms with van der Waals surface area (Å²) in [5.41, 5.74) is 2.44. The zero-order valence-corrected chi connectivity index (χ0v) is 10.9. The molecule has 1 unspecified atom stereocenters. The predicted molar refractivity (Wildman–Crippen MR) is 68.5 cm³/mol. The van der Waals surface area contributed by atoms with Crippen LogP contribution in [-0.4, -0.2) is 18.0 Å². The van der Waals surface area contributed by atoms with E-state index in [0.717, 1.165) is 36.0 Å². The molecule has 0 saturated carbocycles. The summed E-state index contributed by atoms with van der Waals surface area (Å²) in [6, 6.07) is 5.89. The highest BCUT2D eigenvalue weighted by Gasteiger charge is 2.37. The lowest BCUT2D eigenvalue weighted by atomic mass is 9.85. The van der Waals surface area contributed by atoms with Crippen LogP contribution in [0.15, 0.2) is 18.2 Å². The summed E-state index contributed by atoms with van der Waals surface area (Å²) in [6.45, 7) is 6.67. The van der Waals surface area contributed by atoms with Crippen LogP contribution in [0, 0.1) is 13.8 Å². The van der Waals surface area contributed by atoms with Gasteiger partial charge in [0, 0.05) is 12.2 Å². The summed E-state index contributed by atoms with van der Waals surface area (Å²) in [4.78, 5) is 12.6. The van der Waals surface area contributed by atoms with Crippen molar-refractivity contribution in [2.45, 2.75) is 45.6 Å². The molecule has 0 aromatic heterocycles. The molecule has 1 aromatic rings. The molecule has 1 heterocycles. The number of hydrogen-bond acceptors (Lipinski definition) is 2. The number of Topliss-reactive ketones (excluding diaryl/α,β-unsaturated/α-hetero) is 1. The SMILES string of the molecule is Cc1cccc(C(=O)C2(C)CCCCO2)c1C. The average molecular weight is 232 g/mol. The molecule has 1 aliphatic heterocycles. The van der Waals surface area contributed by atoms with E-state index < -0.39 is 5.60 Å². The van der Waals surface area contributed by atoms with Gasteiger partial charge < -0.3 is 4.74 Å². The second-order valence-electron chi connectivity index (χ2n) is 5.11. The second-order valence-corrected chi connectivity index (χ2v) is 5.11. The molecule has 0 aliphatic carbocycles. The summed E-state index contributed by atoms with van der Waals surface area (Å²) in [7, 11) is 0. The molecule has 17 heavy (non-hydrogen) atoms. The fourth-order valence-electron chi connectivity index (χ4n) is 2.40. The van der Waals surface area contributed by atoms with Crippen molar-refractivity contribution in [3.05, 3.63) is 34.9 Å². The minimum absolute atomic E-state index is 0.137. The molecule has 0 radical (unpaired) electrons. The van der Waals surface area contributed by atoms with Crippen molar-refractivity contribution in [3.63, 3.8) is 0 Å². The Hall–Kier alpha value is -1.15. The van der Waals surface area contributed by atoms with Gasteiger partial charge in [-0.25, -0.2) is 0 Å². The Bertz CT molecular complexity index is 429. The van der Waals surface area contributed by atoms with E-state index in [2.05, 4.69) is 0 Å². The first-order valence-corrected chi connectivity index (χ1v) is 6.29. The third kappa shape index (κ3) is 2.27. The van der Waals surface area contributed by atoms with Crippen molar-refractivity contribution in [2.24, 2.45) is 0 Å². The standard InChI is InChI=1S/C15H20O2/c1-11-7-6-8-13(12(11)2)14(16)15(3)9-4-5-10-17-15/h6-8H,4-5,9-10H2,1-3H3. The lowest BCUT2D eigenvalue weighted by Gasteiger charge is -2.32. The van der Waals surface area contributed by atoms with Crippen LogP contribution in [0.25, 0.3) is 0 Å². The zero-order chi connectivity index (χ0) is 12.5. The van der Waals surface area contributed by atoms with Crippen LogP contribution >= 0.6 is 0 Å². The number of carbonyl (C=O) groups excluding carboxylic acids is 1. The average Bonchev–Trinajstić information content (AvgIpc) is 2.33. The molecule has 0 spiro atoms. The van der Waals surface area contributed by atoms with Gasteiger partial charge in [0.2, 0.25) is 0 Å². The van der Waals surface area contributed by atoms with E-state index in [1.54, 1.807) is 0 Å². The number of hydrogen-bond donors (Lipinski definition) is 0. The minimum Gasteiger partial charge on any atom is -0.367 e. The van der Waals surface area contributed by atoms with Crippen LogP contribution in [0.4, 0.5) is 0 Å². The topological polar surface area (TPSA) is 26.3 Å². The second kappa shape index (κ2) is 4.61. The summed E-state index contributed by atoms with van der Waals surface area (Å²) in [6.07, 6.45) is 2.97. The van der Waals surface area contributed by atoms with Crippen LogP contribution in [0.3, 0.4) is 0 Å². The predicted octanol–water partition coefficient (Wildman–Crippen LogP) is 3.45. The van der Waals surface area contributed by atoms with Gasteiger partial charge in [-0.3, -0.25) is 4.79 Å². The van der Waals surface area contributed by atoms with Gasteiger partial charge in [-0.15, -0.1) is 0 Å². The number of aryl methyl sites for hydroxylation is 1. The molecule has 1 saturated heterocycles. The van der Waals surface area contributed by atoms with E-state index in [-0.39, 0.29) is 5.78 Å². The Morgan fingerprint density at radius 1 is 1.29 bits per heavy atom. The fourth-order valence-corrected chi connectivity index (χ4v) is 2.40. The van der Waals surface area contributed by atoms with Crippen LogP contribution in [0.5, 0.6) is 0 Å². The minimum atomic E-state index is -0.614. The summed E-state index contributed by atoms with van der Waals surface area (Å²) in [5.74, 6) is 0.137. The Balaban J connectivity index is 2.33. The van der Waals surface area contributed by atoms with Gasteiger partial charge >= 0.3 is 0 Å². The molecule has 1 fully saturated rings. The van der Waals surface area contributed by atoms with Gasteiger partial charge in [-0.1, -0.05) is 18.2 Å². The molecule has 1 atom stereocenters. The summed E-state index contributed by atoms with van der Waals surface area (Å²) >= 11 is 0. The molecule has 2 nitrogen and oxygen atoms in total. The maximum Gasteiger partial charge on any atom is 0.194 e. The van der Waals surface area contributed by atoms with Gasteiger partial charge in [0.1, 0.15) is 5.60 Å². The molecule has 1 aliphatic rings. The lowest BCUT2D eigenvalue weighted by Crippen LogP contribution is -2.41. The van der Waals surface area contributed by atoms with Gasteiger partial charge in [-0.05, 0) is 51.2 Å². The number of benzene rings is 1. The highest BCUT2D eigenvalue weighted by molar-refractivity contribution is 6.03. The maximum absolute atomic E-state index is 12.6. The van der Waals surface area contributed by atoms with E-state index >= 15 is 0 Å². The lowest BCUT2D eigenvalue weighted by molar-refractivity contribution is -0.0426. The third-order valence-electron chi connectivity index (χ3n) is 3.80. The van der Waals surface area contributed by atoms with Crippen molar-refractivity contribution in [1.82, 2.24) is 0 Å². The van der Waals surface area contributed by atoms with Gasteiger partial charge in [0.05, 0.1) is 0 Å².